The van der Waals surface area contributed by atoms with Gasteiger partial charge in [0.2, 0.25) is 0 Å². The molecule has 2 aliphatic rings. The zero-order valence-corrected chi connectivity index (χ0v) is 17.0. The first-order valence-electron chi connectivity index (χ1n) is 10.6. The van der Waals surface area contributed by atoms with Gasteiger partial charge in [-0.05, 0) is 62.8 Å². The third-order valence-electron chi connectivity index (χ3n) is 5.93. The van der Waals surface area contributed by atoms with Crippen LogP contribution in [0.5, 0.6) is 0 Å². The largest absolute Gasteiger partial charge is 0.348 e. The van der Waals surface area contributed by atoms with Crippen LogP contribution in [0.2, 0.25) is 0 Å². The summed E-state index contributed by atoms with van der Waals surface area (Å²) in [5.41, 5.74) is 2.74. The molecule has 2 saturated carbocycles. The third-order valence-corrected chi connectivity index (χ3v) is 5.93. The van der Waals surface area contributed by atoms with E-state index in [9.17, 15) is 9.59 Å². The second kappa shape index (κ2) is 7.55. The fourth-order valence-electron chi connectivity index (χ4n) is 3.71. The highest BCUT2D eigenvalue weighted by Crippen LogP contribution is 2.30. The number of rotatable bonds is 6. The van der Waals surface area contributed by atoms with Crippen LogP contribution in [-0.4, -0.2) is 32.6 Å². The van der Waals surface area contributed by atoms with Gasteiger partial charge in [0.25, 0.3) is 11.8 Å². The van der Waals surface area contributed by atoms with Crippen molar-refractivity contribution in [1.29, 1.82) is 0 Å². The Morgan fingerprint density at radius 1 is 1.03 bits per heavy atom. The van der Waals surface area contributed by atoms with Crippen molar-refractivity contribution in [3.8, 4) is 0 Å². The van der Waals surface area contributed by atoms with Crippen LogP contribution < -0.4 is 10.6 Å². The smallest absolute Gasteiger partial charge is 0.272 e. The number of hydrogen-bond acceptors (Lipinski definition) is 4. The fraction of sp³-hybridized carbons (Fsp3) is 0.391. The van der Waals surface area contributed by atoms with Gasteiger partial charge >= 0.3 is 0 Å². The molecule has 2 aliphatic carbocycles. The third kappa shape index (κ3) is 3.79. The van der Waals surface area contributed by atoms with Crippen molar-refractivity contribution >= 4 is 28.7 Å². The Balaban J connectivity index is 1.45. The summed E-state index contributed by atoms with van der Waals surface area (Å²) in [7, 11) is 0. The Bertz CT molecular complexity index is 1110. The van der Waals surface area contributed by atoms with Crippen LogP contribution in [0.1, 0.15) is 58.5 Å². The zero-order chi connectivity index (χ0) is 20.7. The molecule has 2 aromatic heterocycles. The number of carbonyl (C=O) groups is 2. The van der Waals surface area contributed by atoms with Crippen molar-refractivity contribution in [3.63, 3.8) is 0 Å². The molecule has 0 saturated heterocycles. The highest BCUT2D eigenvalue weighted by Gasteiger charge is 2.28. The lowest BCUT2D eigenvalue weighted by atomic mass is 9.85. The topological polar surface area (TPSA) is 88.9 Å². The summed E-state index contributed by atoms with van der Waals surface area (Å²) in [5.74, 6) is 0.670. The normalized spacial score (nSPS) is 16.3. The number of amides is 2. The first-order chi connectivity index (χ1) is 14.6. The lowest BCUT2D eigenvalue weighted by Crippen LogP contribution is -2.26. The Hall–Kier alpha value is -3.22. The molecule has 0 atom stereocenters. The number of nitrogens with one attached hydrogen (secondary N) is 2. The minimum absolute atomic E-state index is 0.145. The molecule has 0 unspecified atom stereocenters. The van der Waals surface area contributed by atoms with Gasteiger partial charge in [-0.1, -0.05) is 24.1 Å². The van der Waals surface area contributed by atoms with E-state index >= 15 is 0 Å². The van der Waals surface area contributed by atoms with Gasteiger partial charge in [-0.2, -0.15) is 5.10 Å². The zero-order valence-electron chi connectivity index (χ0n) is 17.0. The van der Waals surface area contributed by atoms with E-state index < -0.39 is 0 Å². The predicted molar refractivity (Wildman–Crippen MR) is 114 cm³/mol. The summed E-state index contributed by atoms with van der Waals surface area (Å²) in [4.78, 5) is 29.9. The molecule has 0 radical (unpaired) electrons. The van der Waals surface area contributed by atoms with Gasteiger partial charge < -0.3 is 10.6 Å². The molecule has 30 heavy (non-hydrogen) atoms. The van der Waals surface area contributed by atoms with Gasteiger partial charge in [0, 0.05) is 18.2 Å². The number of nitrogens with zero attached hydrogens (tertiary/aromatic N) is 3. The highest BCUT2D eigenvalue weighted by atomic mass is 16.2. The van der Waals surface area contributed by atoms with E-state index in [0.717, 1.165) is 30.3 Å². The summed E-state index contributed by atoms with van der Waals surface area (Å²) in [5, 5.41) is 11.2. The fourth-order valence-corrected chi connectivity index (χ4v) is 3.71. The molecule has 7 nitrogen and oxygen atoms in total. The molecule has 0 spiro atoms. The van der Waals surface area contributed by atoms with Crippen LogP contribution >= 0.6 is 0 Å². The van der Waals surface area contributed by atoms with Crippen LogP contribution in [-0.2, 0) is 6.54 Å². The average molecular weight is 403 g/mol. The number of anilines is 1. The number of aryl methyl sites for hydroxylation is 1. The Labute approximate surface area is 174 Å². The minimum atomic E-state index is -0.210. The number of fused-ring (bicyclic) bond motifs is 1. The van der Waals surface area contributed by atoms with E-state index in [1.165, 1.54) is 19.3 Å². The van der Waals surface area contributed by atoms with Gasteiger partial charge in [0.1, 0.15) is 5.82 Å². The maximum Gasteiger partial charge on any atom is 0.272 e. The maximum atomic E-state index is 12.7. The van der Waals surface area contributed by atoms with E-state index in [-0.39, 0.29) is 17.9 Å². The van der Waals surface area contributed by atoms with E-state index in [1.54, 1.807) is 18.2 Å². The molecule has 0 aliphatic heterocycles. The summed E-state index contributed by atoms with van der Waals surface area (Å²) in [6, 6.07) is 11.2. The Kier molecular flexibility index (Phi) is 4.73. The van der Waals surface area contributed by atoms with E-state index in [4.69, 9.17) is 0 Å². The number of hydrogen-bond donors (Lipinski definition) is 2. The first-order valence-corrected chi connectivity index (χ1v) is 10.6. The summed E-state index contributed by atoms with van der Waals surface area (Å²) >= 11 is 0. The van der Waals surface area contributed by atoms with Gasteiger partial charge in [0.15, 0.2) is 11.3 Å². The quantitative estimate of drug-likeness (QED) is 0.657. The molecular formula is C23H25N5O2. The second-order valence-electron chi connectivity index (χ2n) is 8.46. The molecule has 2 fully saturated rings. The van der Waals surface area contributed by atoms with Crippen molar-refractivity contribution in [2.24, 2.45) is 5.92 Å². The first kappa shape index (κ1) is 18.8. The van der Waals surface area contributed by atoms with Gasteiger partial charge in [-0.3, -0.25) is 9.59 Å². The number of aromatic nitrogens is 3. The molecular weight excluding hydrogens is 378 g/mol. The SMILES string of the molecule is Cc1ccc(C(=O)Nc2ccc3c(C(=O)NC4CC4)nn(CC4CCC4)c3n2)cc1. The van der Waals surface area contributed by atoms with E-state index in [0.29, 0.717) is 28.6 Å². The number of pyridine rings is 1. The molecule has 5 rings (SSSR count). The lowest BCUT2D eigenvalue weighted by molar-refractivity contribution is 0.0945. The Morgan fingerprint density at radius 2 is 1.80 bits per heavy atom. The lowest BCUT2D eigenvalue weighted by Gasteiger charge is -2.25. The molecule has 2 amide bonds. The standard InChI is InChI=1S/C23H25N5O2/c1-14-5-7-16(8-6-14)22(29)26-19-12-11-18-20(23(30)24-17-9-10-17)27-28(21(18)25-19)13-15-3-2-4-15/h5-8,11-12,15,17H,2-4,9-10,13H2,1H3,(H,24,30)(H,25,26,29). The average Bonchev–Trinajstić information content (AvgIpc) is 3.44. The van der Waals surface area contributed by atoms with Crippen LogP contribution in [0.4, 0.5) is 5.82 Å². The number of carbonyl (C=O) groups excluding carboxylic acids is 2. The van der Waals surface area contributed by atoms with Gasteiger partial charge in [-0.25, -0.2) is 9.67 Å². The van der Waals surface area contributed by atoms with Crippen LogP contribution in [0, 0.1) is 12.8 Å². The predicted octanol–water partition coefficient (Wildman–Crippen LogP) is 3.68. The summed E-state index contributed by atoms with van der Waals surface area (Å²) in [6.07, 6.45) is 5.65. The molecule has 2 heterocycles. The number of benzene rings is 1. The van der Waals surface area contributed by atoms with E-state index in [1.807, 2.05) is 29.8 Å². The molecule has 7 heteroatoms. The monoisotopic (exact) mass is 403 g/mol. The summed E-state index contributed by atoms with van der Waals surface area (Å²) in [6.45, 7) is 2.73. The van der Waals surface area contributed by atoms with Crippen LogP contribution in [0.25, 0.3) is 11.0 Å². The van der Waals surface area contributed by atoms with Gasteiger partial charge in [0.05, 0.1) is 5.39 Å². The maximum absolute atomic E-state index is 12.7. The second-order valence-corrected chi connectivity index (χ2v) is 8.46. The van der Waals surface area contributed by atoms with Crippen molar-refractivity contribution in [1.82, 2.24) is 20.1 Å². The van der Waals surface area contributed by atoms with E-state index in [2.05, 4.69) is 20.7 Å². The van der Waals surface area contributed by atoms with Crippen molar-refractivity contribution in [2.45, 2.75) is 51.6 Å². The molecule has 2 N–H and O–H groups in total. The molecule has 154 valence electrons. The molecule has 1 aromatic carbocycles. The molecule has 0 bridgehead atoms. The van der Waals surface area contributed by atoms with Crippen molar-refractivity contribution < 1.29 is 9.59 Å². The highest BCUT2D eigenvalue weighted by molar-refractivity contribution is 6.06. The van der Waals surface area contributed by atoms with Gasteiger partial charge in [-0.15, -0.1) is 0 Å². The van der Waals surface area contributed by atoms with Crippen molar-refractivity contribution in [3.05, 3.63) is 53.2 Å². The Morgan fingerprint density at radius 3 is 2.47 bits per heavy atom. The minimum Gasteiger partial charge on any atom is -0.348 e. The van der Waals surface area contributed by atoms with Crippen LogP contribution in [0.15, 0.2) is 36.4 Å². The van der Waals surface area contributed by atoms with Crippen LogP contribution in [0.3, 0.4) is 0 Å². The summed E-state index contributed by atoms with van der Waals surface area (Å²) < 4.78 is 1.84. The molecule has 3 aromatic rings. The van der Waals surface area contributed by atoms with Crippen molar-refractivity contribution in [2.75, 3.05) is 5.32 Å².